The summed E-state index contributed by atoms with van der Waals surface area (Å²) in [7, 11) is 0. The molecule has 0 radical (unpaired) electrons. The lowest BCUT2D eigenvalue weighted by Crippen LogP contribution is -2.45. The molecule has 108 valence electrons. The molecule has 1 aromatic rings. The second-order valence-electron chi connectivity index (χ2n) is 5.18. The van der Waals surface area contributed by atoms with Crippen LogP contribution in [0.1, 0.15) is 19.8 Å². The lowest BCUT2D eigenvalue weighted by Gasteiger charge is -2.38. The average molecular weight is 277 g/mol. The summed E-state index contributed by atoms with van der Waals surface area (Å²) in [6.07, 6.45) is 3.54. The summed E-state index contributed by atoms with van der Waals surface area (Å²) in [6, 6.07) is 3.80. The molecule has 2 fully saturated rings. The van der Waals surface area contributed by atoms with Crippen LogP contribution in [0.3, 0.4) is 0 Å². The zero-order valence-electron chi connectivity index (χ0n) is 11.6. The fourth-order valence-electron chi connectivity index (χ4n) is 2.72. The van der Waals surface area contributed by atoms with Crippen LogP contribution >= 0.6 is 0 Å². The molecule has 1 aromatic heterocycles. The predicted octanol–water partition coefficient (Wildman–Crippen LogP) is 1.38. The highest BCUT2D eigenvalue weighted by atomic mass is 16.7. The molecule has 20 heavy (non-hydrogen) atoms. The van der Waals surface area contributed by atoms with E-state index >= 15 is 0 Å². The van der Waals surface area contributed by atoms with E-state index in [1.54, 1.807) is 6.20 Å². The van der Waals surface area contributed by atoms with Crippen molar-refractivity contribution in [3.63, 3.8) is 0 Å². The van der Waals surface area contributed by atoms with Crippen molar-refractivity contribution in [1.29, 1.82) is 0 Å². The normalized spacial score (nSPS) is 21.1. The Morgan fingerprint density at radius 1 is 1.30 bits per heavy atom. The van der Waals surface area contributed by atoms with E-state index in [1.807, 2.05) is 12.1 Å². The van der Waals surface area contributed by atoms with Crippen molar-refractivity contribution in [3.05, 3.63) is 18.3 Å². The fourth-order valence-corrected chi connectivity index (χ4v) is 2.72. The lowest BCUT2D eigenvalue weighted by molar-refractivity contribution is -0.169. The molecule has 2 aliphatic rings. The third kappa shape index (κ3) is 2.76. The molecule has 0 bridgehead atoms. The molecule has 6 nitrogen and oxygen atoms in total. The van der Waals surface area contributed by atoms with Gasteiger partial charge >= 0.3 is 0 Å². The zero-order valence-corrected chi connectivity index (χ0v) is 11.6. The minimum Gasteiger partial charge on any atom is -0.370 e. The van der Waals surface area contributed by atoms with Gasteiger partial charge in [0.2, 0.25) is 5.91 Å². The maximum atomic E-state index is 11.0. The molecular formula is C14H19N3O3. The molecule has 6 heteroatoms. The fraction of sp³-hybridized carbons (Fsp3) is 0.571. The number of rotatable bonds is 2. The van der Waals surface area contributed by atoms with E-state index in [9.17, 15) is 4.79 Å². The Morgan fingerprint density at radius 3 is 2.55 bits per heavy atom. The number of hydrogen-bond donors (Lipinski definition) is 1. The van der Waals surface area contributed by atoms with E-state index in [4.69, 9.17) is 9.47 Å². The topological polar surface area (TPSA) is 63.7 Å². The number of piperidine rings is 1. The van der Waals surface area contributed by atoms with Gasteiger partial charge in [0.05, 0.1) is 25.1 Å². The summed E-state index contributed by atoms with van der Waals surface area (Å²) in [4.78, 5) is 17.5. The first-order valence-corrected chi connectivity index (χ1v) is 6.93. The molecule has 1 N–H and O–H groups in total. The molecule has 1 amide bonds. The standard InChI is InChI=1S/C14H19N3O3/c1-11(18)16-13-3-2-12(10-15-13)17-6-4-14(5-7-17)19-8-9-20-14/h2-3,10H,4-9H2,1H3,(H,15,16,18). The first kappa shape index (κ1) is 13.3. The average Bonchev–Trinajstić information content (AvgIpc) is 2.89. The van der Waals surface area contributed by atoms with Crippen LogP contribution in [0.4, 0.5) is 11.5 Å². The molecule has 3 heterocycles. The summed E-state index contributed by atoms with van der Waals surface area (Å²) in [6.45, 7) is 4.66. The van der Waals surface area contributed by atoms with Crippen molar-refractivity contribution in [1.82, 2.24) is 4.98 Å². The van der Waals surface area contributed by atoms with Crippen molar-refractivity contribution >= 4 is 17.4 Å². The van der Waals surface area contributed by atoms with E-state index in [1.165, 1.54) is 6.92 Å². The number of carbonyl (C=O) groups excluding carboxylic acids is 1. The Hall–Kier alpha value is -1.66. The van der Waals surface area contributed by atoms with Gasteiger partial charge in [0.25, 0.3) is 0 Å². The lowest BCUT2D eigenvalue weighted by atomic mass is 10.0. The molecule has 1 spiro atoms. The van der Waals surface area contributed by atoms with Crippen LogP contribution in [-0.2, 0) is 14.3 Å². The number of nitrogens with one attached hydrogen (secondary N) is 1. The van der Waals surface area contributed by atoms with Crippen molar-refractivity contribution in [2.24, 2.45) is 0 Å². The van der Waals surface area contributed by atoms with Crippen molar-refractivity contribution < 1.29 is 14.3 Å². The predicted molar refractivity (Wildman–Crippen MR) is 74.6 cm³/mol. The van der Waals surface area contributed by atoms with E-state index in [0.29, 0.717) is 19.0 Å². The van der Waals surface area contributed by atoms with Crippen LogP contribution in [0.2, 0.25) is 0 Å². The monoisotopic (exact) mass is 277 g/mol. The number of hydrogen-bond acceptors (Lipinski definition) is 5. The highest BCUT2D eigenvalue weighted by Gasteiger charge is 2.39. The minimum absolute atomic E-state index is 0.110. The molecule has 3 rings (SSSR count). The van der Waals surface area contributed by atoms with Crippen LogP contribution in [0, 0.1) is 0 Å². The van der Waals surface area contributed by atoms with Gasteiger partial charge in [-0.2, -0.15) is 0 Å². The molecule has 2 aliphatic heterocycles. The summed E-state index contributed by atoms with van der Waals surface area (Å²) < 4.78 is 11.4. The molecule has 0 aromatic carbocycles. The number of anilines is 2. The number of carbonyl (C=O) groups is 1. The van der Waals surface area contributed by atoms with Gasteiger partial charge < -0.3 is 19.7 Å². The van der Waals surface area contributed by atoms with E-state index < -0.39 is 0 Å². The quantitative estimate of drug-likeness (QED) is 0.885. The second kappa shape index (κ2) is 5.38. The Bertz CT molecular complexity index is 473. The van der Waals surface area contributed by atoms with Gasteiger partial charge in [-0.3, -0.25) is 4.79 Å². The Balaban J connectivity index is 1.61. The maximum absolute atomic E-state index is 11.0. The first-order valence-electron chi connectivity index (χ1n) is 6.93. The van der Waals surface area contributed by atoms with Gasteiger partial charge in [0, 0.05) is 32.9 Å². The number of aromatic nitrogens is 1. The summed E-state index contributed by atoms with van der Waals surface area (Å²) in [5.74, 6) is 0.123. The number of pyridine rings is 1. The van der Waals surface area contributed by atoms with Gasteiger partial charge in [0.1, 0.15) is 5.82 Å². The molecule has 0 unspecified atom stereocenters. The van der Waals surface area contributed by atoms with Crippen LogP contribution < -0.4 is 10.2 Å². The summed E-state index contributed by atoms with van der Waals surface area (Å²) in [5.41, 5.74) is 1.06. The van der Waals surface area contributed by atoms with Crippen molar-refractivity contribution in [3.8, 4) is 0 Å². The molecule has 2 saturated heterocycles. The van der Waals surface area contributed by atoms with Crippen LogP contribution in [0.15, 0.2) is 18.3 Å². The van der Waals surface area contributed by atoms with Gasteiger partial charge in [-0.1, -0.05) is 0 Å². The van der Waals surface area contributed by atoms with Gasteiger partial charge in [0.15, 0.2) is 5.79 Å². The number of ether oxygens (including phenoxy) is 2. The maximum Gasteiger partial charge on any atom is 0.222 e. The molecular weight excluding hydrogens is 258 g/mol. The van der Waals surface area contributed by atoms with Crippen molar-refractivity contribution in [2.75, 3.05) is 36.5 Å². The molecule has 0 atom stereocenters. The first-order chi connectivity index (χ1) is 9.67. The highest BCUT2D eigenvalue weighted by molar-refractivity contribution is 5.87. The minimum atomic E-state index is -0.347. The smallest absolute Gasteiger partial charge is 0.222 e. The second-order valence-corrected chi connectivity index (χ2v) is 5.18. The van der Waals surface area contributed by atoms with Crippen LogP contribution in [-0.4, -0.2) is 43.0 Å². The highest BCUT2D eigenvalue weighted by Crippen LogP contribution is 2.33. The van der Waals surface area contributed by atoms with E-state index in [-0.39, 0.29) is 11.7 Å². The molecule has 0 saturated carbocycles. The Labute approximate surface area is 118 Å². The zero-order chi connectivity index (χ0) is 14.0. The molecule has 0 aliphatic carbocycles. The Kier molecular flexibility index (Phi) is 3.58. The van der Waals surface area contributed by atoms with Gasteiger partial charge in [-0.25, -0.2) is 4.98 Å². The third-order valence-corrected chi connectivity index (χ3v) is 3.76. The number of nitrogens with zero attached hydrogens (tertiary/aromatic N) is 2. The van der Waals surface area contributed by atoms with Gasteiger partial charge in [-0.15, -0.1) is 0 Å². The SMILES string of the molecule is CC(=O)Nc1ccc(N2CCC3(CC2)OCCO3)cn1. The van der Waals surface area contributed by atoms with Gasteiger partial charge in [-0.05, 0) is 12.1 Å². The van der Waals surface area contributed by atoms with E-state index in [0.717, 1.165) is 31.6 Å². The van der Waals surface area contributed by atoms with Crippen molar-refractivity contribution in [2.45, 2.75) is 25.6 Å². The number of amides is 1. The van der Waals surface area contributed by atoms with Crippen LogP contribution in [0.5, 0.6) is 0 Å². The Morgan fingerprint density at radius 2 is 2.00 bits per heavy atom. The third-order valence-electron chi connectivity index (χ3n) is 3.76. The summed E-state index contributed by atoms with van der Waals surface area (Å²) in [5, 5.41) is 2.67. The summed E-state index contributed by atoms with van der Waals surface area (Å²) >= 11 is 0. The largest absolute Gasteiger partial charge is 0.370 e. The van der Waals surface area contributed by atoms with Crippen LogP contribution in [0.25, 0.3) is 0 Å². The van der Waals surface area contributed by atoms with E-state index in [2.05, 4.69) is 15.2 Å².